The Balaban J connectivity index is 1.67. The molecule has 0 bridgehead atoms. The fraction of sp³-hybridized carbons (Fsp3) is 0.391. The second-order valence-corrected chi connectivity index (χ2v) is 8.81. The van der Waals surface area contributed by atoms with Crippen molar-refractivity contribution in [2.24, 2.45) is 0 Å². The smallest absolute Gasteiger partial charge is 0.417 e. The number of carbonyl (C=O) groups is 1. The number of fused-ring (bicyclic) bond motifs is 1. The van der Waals surface area contributed by atoms with E-state index in [2.05, 4.69) is 10.3 Å². The number of alkyl halides is 3. The maximum absolute atomic E-state index is 13.4. The largest absolute Gasteiger partial charge is 0.438 e. The van der Waals surface area contributed by atoms with Crippen molar-refractivity contribution >= 4 is 17.1 Å². The number of amides is 2. The molecule has 0 aliphatic carbocycles. The molecule has 2 heterocycles. The quantitative estimate of drug-likeness (QED) is 0.529. The molecule has 3 aromatic rings. The summed E-state index contributed by atoms with van der Waals surface area (Å²) in [5.41, 5.74) is 0.382. The van der Waals surface area contributed by atoms with Crippen LogP contribution in [-0.4, -0.2) is 28.0 Å². The predicted molar refractivity (Wildman–Crippen MR) is 111 cm³/mol. The van der Waals surface area contributed by atoms with Gasteiger partial charge in [-0.25, -0.2) is 9.78 Å². The van der Waals surface area contributed by atoms with Crippen molar-refractivity contribution in [2.75, 3.05) is 6.54 Å². The Morgan fingerprint density at radius 2 is 1.90 bits per heavy atom. The van der Waals surface area contributed by atoms with Crippen LogP contribution >= 0.6 is 0 Å². The van der Waals surface area contributed by atoms with Crippen LogP contribution in [0.25, 0.3) is 22.2 Å². The maximum atomic E-state index is 13.4. The van der Waals surface area contributed by atoms with Gasteiger partial charge in [-0.2, -0.15) is 13.2 Å². The van der Waals surface area contributed by atoms with Crippen LogP contribution < -0.4 is 5.32 Å². The van der Waals surface area contributed by atoms with Crippen molar-refractivity contribution in [1.29, 1.82) is 0 Å². The van der Waals surface area contributed by atoms with Crippen molar-refractivity contribution in [1.82, 2.24) is 15.2 Å². The summed E-state index contributed by atoms with van der Waals surface area (Å²) in [5.74, 6) is 0.401. The third kappa shape index (κ3) is 4.38. The molecule has 5 nitrogen and oxygen atoms in total. The van der Waals surface area contributed by atoms with E-state index in [0.29, 0.717) is 35.5 Å². The molecule has 2 amide bonds. The molecule has 1 N–H and O–H groups in total. The van der Waals surface area contributed by atoms with Crippen molar-refractivity contribution in [3.63, 3.8) is 0 Å². The van der Waals surface area contributed by atoms with Gasteiger partial charge in [0.05, 0.1) is 5.56 Å². The molecule has 1 aliphatic heterocycles. The van der Waals surface area contributed by atoms with E-state index in [0.717, 1.165) is 12.5 Å². The normalized spacial score (nSPS) is 17.4. The van der Waals surface area contributed by atoms with Gasteiger partial charge in [0.15, 0.2) is 5.58 Å². The highest BCUT2D eigenvalue weighted by Crippen LogP contribution is 2.38. The zero-order valence-corrected chi connectivity index (χ0v) is 17.6. The molecule has 0 spiro atoms. The van der Waals surface area contributed by atoms with Crippen molar-refractivity contribution in [2.45, 2.75) is 51.4 Å². The molecule has 0 unspecified atom stereocenters. The van der Waals surface area contributed by atoms with Crippen molar-refractivity contribution in [3.8, 4) is 11.1 Å². The number of urea groups is 1. The first-order valence-corrected chi connectivity index (χ1v) is 10.2. The van der Waals surface area contributed by atoms with Crippen LogP contribution in [0.5, 0.6) is 0 Å². The number of nitrogens with one attached hydrogen (secondary N) is 1. The predicted octanol–water partition coefficient (Wildman–Crippen LogP) is 6.16. The summed E-state index contributed by atoms with van der Waals surface area (Å²) in [5, 5.41) is 2.96. The first-order valence-electron chi connectivity index (χ1n) is 10.2. The lowest BCUT2D eigenvalue weighted by atomic mass is 9.99. The molecule has 1 fully saturated rings. The van der Waals surface area contributed by atoms with E-state index in [1.807, 2.05) is 20.8 Å². The van der Waals surface area contributed by atoms with Gasteiger partial charge >= 0.3 is 12.2 Å². The van der Waals surface area contributed by atoms with Gasteiger partial charge in [-0.1, -0.05) is 24.3 Å². The van der Waals surface area contributed by atoms with Crippen LogP contribution in [0.3, 0.4) is 0 Å². The van der Waals surface area contributed by atoms with E-state index < -0.39 is 11.7 Å². The van der Waals surface area contributed by atoms with Crippen molar-refractivity contribution in [3.05, 3.63) is 53.9 Å². The second-order valence-electron chi connectivity index (χ2n) is 8.81. The summed E-state index contributed by atoms with van der Waals surface area (Å²) in [4.78, 5) is 18.9. The minimum Gasteiger partial charge on any atom is -0.438 e. The first-order chi connectivity index (χ1) is 14.5. The van der Waals surface area contributed by atoms with Crippen LogP contribution in [0.2, 0.25) is 0 Å². The Labute approximate surface area is 178 Å². The Morgan fingerprint density at radius 1 is 1.16 bits per heavy atom. The molecule has 0 radical (unpaired) electrons. The number of aromatic nitrogens is 1. The highest BCUT2D eigenvalue weighted by atomic mass is 19.4. The minimum atomic E-state index is -4.45. The third-order valence-electron chi connectivity index (χ3n) is 5.23. The highest BCUT2D eigenvalue weighted by molar-refractivity contribution is 5.82. The van der Waals surface area contributed by atoms with E-state index in [-0.39, 0.29) is 23.2 Å². The zero-order chi connectivity index (χ0) is 22.4. The number of hydrogen-bond acceptors (Lipinski definition) is 3. The molecule has 1 saturated heterocycles. The Hall–Kier alpha value is -3.03. The standard InChI is InChI=1S/C23H24F3N3O2/c1-22(2,3)28-21(30)29-12-6-9-18(29)20-27-17-13-14(10-11-19(17)31-20)15-7-4-5-8-16(15)23(24,25)26/h4-5,7-8,10-11,13,18H,6,9,12H2,1-3H3,(H,28,30)/t18-/m1/s1. The van der Waals surface area contributed by atoms with Gasteiger partial charge in [0.1, 0.15) is 11.6 Å². The number of carbonyl (C=O) groups excluding carboxylic acids is 1. The topological polar surface area (TPSA) is 58.4 Å². The summed E-state index contributed by atoms with van der Waals surface area (Å²) in [7, 11) is 0. The molecular weight excluding hydrogens is 407 g/mol. The fourth-order valence-electron chi connectivity index (χ4n) is 3.90. The SMILES string of the molecule is CC(C)(C)NC(=O)N1CCC[C@@H]1c1nc2cc(-c3ccccc3C(F)(F)F)ccc2o1. The van der Waals surface area contributed by atoms with Gasteiger partial charge in [0.25, 0.3) is 0 Å². The van der Waals surface area contributed by atoms with Crippen LogP contribution in [-0.2, 0) is 6.18 Å². The van der Waals surface area contributed by atoms with E-state index in [1.165, 1.54) is 12.1 Å². The third-order valence-corrected chi connectivity index (χ3v) is 5.23. The molecule has 1 atom stereocenters. The first kappa shape index (κ1) is 21.2. The minimum absolute atomic E-state index is 0.0912. The number of benzene rings is 2. The summed E-state index contributed by atoms with van der Waals surface area (Å²) in [6.07, 6.45) is -2.91. The van der Waals surface area contributed by atoms with Gasteiger partial charge in [-0.05, 0) is 62.9 Å². The number of likely N-dealkylation sites (tertiary alicyclic amines) is 1. The maximum Gasteiger partial charge on any atom is 0.417 e. The molecule has 2 aromatic carbocycles. The number of nitrogens with zero attached hydrogens (tertiary/aromatic N) is 2. The summed E-state index contributed by atoms with van der Waals surface area (Å²) < 4.78 is 46.1. The number of hydrogen-bond donors (Lipinski definition) is 1. The van der Waals surface area contributed by atoms with Gasteiger partial charge in [0.2, 0.25) is 5.89 Å². The lowest BCUT2D eigenvalue weighted by Crippen LogP contribution is -2.48. The van der Waals surface area contributed by atoms with Gasteiger partial charge < -0.3 is 14.6 Å². The van der Waals surface area contributed by atoms with Crippen molar-refractivity contribution < 1.29 is 22.4 Å². The van der Waals surface area contributed by atoms with Gasteiger partial charge in [0, 0.05) is 12.1 Å². The molecule has 31 heavy (non-hydrogen) atoms. The highest BCUT2D eigenvalue weighted by Gasteiger charge is 2.35. The number of rotatable bonds is 2. The Morgan fingerprint density at radius 3 is 2.61 bits per heavy atom. The van der Waals surface area contributed by atoms with E-state index in [1.54, 1.807) is 29.2 Å². The molecule has 0 saturated carbocycles. The average molecular weight is 431 g/mol. The molecular formula is C23H24F3N3O2. The van der Waals surface area contributed by atoms with Crippen LogP contribution in [0.4, 0.5) is 18.0 Å². The van der Waals surface area contributed by atoms with Crippen LogP contribution in [0.1, 0.15) is 51.1 Å². The monoisotopic (exact) mass is 431 g/mol. The van der Waals surface area contributed by atoms with Crippen LogP contribution in [0, 0.1) is 0 Å². The average Bonchev–Trinajstić information content (AvgIpc) is 3.32. The zero-order valence-electron chi connectivity index (χ0n) is 17.6. The molecule has 1 aromatic heterocycles. The molecule has 4 rings (SSSR count). The lowest BCUT2D eigenvalue weighted by Gasteiger charge is -2.28. The summed E-state index contributed by atoms with van der Waals surface area (Å²) in [6, 6.07) is 9.80. The van der Waals surface area contributed by atoms with E-state index in [9.17, 15) is 18.0 Å². The Kier molecular flexibility index (Phi) is 5.19. The number of halogens is 3. The lowest BCUT2D eigenvalue weighted by molar-refractivity contribution is -0.137. The summed E-state index contributed by atoms with van der Waals surface area (Å²) in [6.45, 7) is 6.33. The van der Waals surface area contributed by atoms with Gasteiger partial charge in [-0.15, -0.1) is 0 Å². The Bertz CT molecular complexity index is 1120. The second kappa shape index (κ2) is 7.59. The fourth-order valence-corrected chi connectivity index (χ4v) is 3.90. The number of oxazole rings is 1. The van der Waals surface area contributed by atoms with Gasteiger partial charge in [-0.3, -0.25) is 0 Å². The molecule has 1 aliphatic rings. The van der Waals surface area contributed by atoms with E-state index in [4.69, 9.17) is 4.42 Å². The van der Waals surface area contributed by atoms with Crippen LogP contribution in [0.15, 0.2) is 46.9 Å². The molecule has 8 heteroatoms. The molecule has 164 valence electrons. The van der Waals surface area contributed by atoms with E-state index >= 15 is 0 Å². The summed E-state index contributed by atoms with van der Waals surface area (Å²) >= 11 is 0.